The van der Waals surface area contributed by atoms with Gasteiger partial charge in [-0.25, -0.2) is 9.38 Å². The fourth-order valence-electron chi connectivity index (χ4n) is 3.65. The van der Waals surface area contributed by atoms with Gasteiger partial charge in [0.25, 0.3) is 0 Å². The second-order valence-electron chi connectivity index (χ2n) is 7.03. The summed E-state index contributed by atoms with van der Waals surface area (Å²) in [6, 6.07) is 11.8. The van der Waals surface area contributed by atoms with E-state index in [0.717, 1.165) is 37.3 Å². The zero-order valence-electron chi connectivity index (χ0n) is 17.4. The summed E-state index contributed by atoms with van der Waals surface area (Å²) < 4.78 is 24.3. The van der Waals surface area contributed by atoms with Crippen molar-refractivity contribution in [1.82, 2.24) is 4.90 Å². The molecule has 4 rings (SSSR count). The standard InChI is InChI=1S/C21H25FN6O2.ClH/c1-29-17-10-7-15(13-18(17)30-2)24-20-25-19(23)26-21(27-11-3-4-12-27)28(20)16-8-5-14(22)6-9-16;/h5-10,13,20,24H,3-4,11-12H2,1-2H3,(H2,23,25);1H. The molecule has 2 aliphatic heterocycles. The highest BCUT2D eigenvalue weighted by Gasteiger charge is 2.32. The first-order valence-electron chi connectivity index (χ1n) is 9.79. The normalized spacial score (nSPS) is 18.1. The van der Waals surface area contributed by atoms with Crippen LogP contribution in [0.3, 0.4) is 0 Å². The van der Waals surface area contributed by atoms with Gasteiger partial charge in [-0.2, -0.15) is 4.99 Å². The molecule has 3 N–H and O–H groups in total. The molecule has 0 radical (unpaired) electrons. The van der Waals surface area contributed by atoms with Crippen molar-refractivity contribution in [2.45, 2.75) is 19.1 Å². The third-order valence-electron chi connectivity index (χ3n) is 5.10. The summed E-state index contributed by atoms with van der Waals surface area (Å²) >= 11 is 0. The van der Waals surface area contributed by atoms with Gasteiger partial charge in [0.15, 0.2) is 11.5 Å². The van der Waals surface area contributed by atoms with Crippen molar-refractivity contribution in [3.63, 3.8) is 0 Å². The Balaban J connectivity index is 0.00000272. The van der Waals surface area contributed by atoms with Gasteiger partial charge < -0.3 is 25.4 Å². The summed E-state index contributed by atoms with van der Waals surface area (Å²) in [6.45, 7) is 1.76. The molecule has 8 nitrogen and oxygen atoms in total. The Morgan fingerprint density at radius 2 is 1.71 bits per heavy atom. The van der Waals surface area contributed by atoms with Crippen LogP contribution < -0.4 is 25.4 Å². The van der Waals surface area contributed by atoms with Crippen molar-refractivity contribution >= 4 is 35.7 Å². The van der Waals surface area contributed by atoms with Gasteiger partial charge in [0.05, 0.1) is 14.2 Å². The van der Waals surface area contributed by atoms with Gasteiger partial charge in [0.2, 0.25) is 18.2 Å². The van der Waals surface area contributed by atoms with Crippen LogP contribution in [0.1, 0.15) is 12.8 Å². The average Bonchev–Trinajstić information content (AvgIpc) is 3.29. The topological polar surface area (TPSA) is 87.7 Å². The first-order valence-corrected chi connectivity index (χ1v) is 9.79. The van der Waals surface area contributed by atoms with Crippen LogP contribution in [0.2, 0.25) is 0 Å². The summed E-state index contributed by atoms with van der Waals surface area (Å²) in [5.41, 5.74) is 7.60. The van der Waals surface area contributed by atoms with E-state index >= 15 is 0 Å². The molecule has 1 atom stereocenters. The molecular formula is C21H26ClFN6O2. The maximum atomic E-state index is 13.6. The Morgan fingerprint density at radius 1 is 1.03 bits per heavy atom. The molecule has 2 aromatic carbocycles. The van der Waals surface area contributed by atoms with Gasteiger partial charge in [-0.3, -0.25) is 4.90 Å². The third kappa shape index (κ3) is 4.77. The Labute approximate surface area is 187 Å². The van der Waals surface area contributed by atoms with Crippen LogP contribution in [-0.2, 0) is 0 Å². The molecule has 1 fully saturated rings. The number of rotatable bonds is 5. The minimum Gasteiger partial charge on any atom is -0.493 e. The van der Waals surface area contributed by atoms with Crippen LogP contribution >= 0.6 is 12.4 Å². The van der Waals surface area contributed by atoms with Gasteiger partial charge in [-0.15, -0.1) is 12.4 Å². The molecule has 10 heteroatoms. The van der Waals surface area contributed by atoms with Crippen LogP contribution in [0.4, 0.5) is 15.8 Å². The average molecular weight is 449 g/mol. The molecule has 0 bridgehead atoms. The largest absolute Gasteiger partial charge is 0.493 e. The van der Waals surface area contributed by atoms with E-state index in [0.29, 0.717) is 17.5 Å². The zero-order valence-corrected chi connectivity index (χ0v) is 18.2. The number of likely N-dealkylation sites (tertiary alicyclic amines) is 1. The van der Waals surface area contributed by atoms with E-state index in [1.807, 2.05) is 23.1 Å². The van der Waals surface area contributed by atoms with Crippen LogP contribution in [0.25, 0.3) is 0 Å². The first-order chi connectivity index (χ1) is 14.6. The molecule has 0 aliphatic carbocycles. The SMILES string of the molecule is COc1ccc(NC2N=C(N)N=C(N3CCCC3)N2c2ccc(F)cc2)cc1OC.Cl. The maximum Gasteiger partial charge on any atom is 0.222 e. The number of methoxy groups -OCH3 is 2. The number of hydrogen-bond donors (Lipinski definition) is 2. The predicted molar refractivity (Wildman–Crippen MR) is 123 cm³/mol. The van der Waals surface area contributed by atoms with Gasteiger partial charge >= 0.3 is 0 Å². The van der Waals surface area contributed by atoms with Gasteiger partial charge in [0.1, 0.15) is 5.82 Å². The van der Waals surface area contributed by atoms with Gasteiger partial charge in [0, 0.05) is 30.5 Å². The number of nitrogens with zero attached hydrogens (tertiary/aromatic N) is 4. The van der Waals surface area contributed by atoms with Crippen molar-refractivity contribution in [1.29, 1.82) is 0 Å². The highest BCUT2D eigenvalue weighted by atomic mass is 35.5. The molecular weight excluding hydrogens is 423 g/mol. The fraction of sp³-hybridized carbons (Fsp3) is 0.333. The van der Waals surface area contributed by atoms with E-state index in [2.05, 4.69) is 20.2 Å². The number of ether oxygens (including phenoxy) is 2. The summed E-state index contributed by atoms with van der Waals surface area (Å²) in [4.78, 5) is 13.1. The Hall–Kier alpha value is -3.20. The lowest BCUT2D eigenvalue weighted by atomic mass is 10.2. The minimum absolute atomic E-state index is 0. The van der Waals surface area contributed by atoms with E-state index in [-0.39, 0.29) is 24.2 Å². The highest BCUT2D eigenvalue weighted by Crippen LogP contribution is 2.31. The summed E-state index contributed by atoms with van der Waals surface area (Å²) in [5.74, 6) is 1.81. The van der Waals surface area contributed by atoms with Crippen LogP contribution in [0, 0.1) is 5.82 Å². The van der Waals surface area contributed by atoms with Crippen LogP contribution in [0.15, 0.2) is 52.4 Å². The van der Waals surface area contributed by atoms with E-state index in [1.54, 1.807) is 26.4 Å². The smallest absolute Gasteiger partial charge is 0.222 e. The van der Waals surface area contributed by atoms with Crippen molar-refractivity contribution in [2.24, 2.45) is 15.7 Å². The van der Waals surface area contributed by atoms with E-state index in [9.17, 15) is 4.39 Å². The Morgan fingerprint density at radius 3 is 2.35 bits per heavy atom. The fourth-order valence-corrected chi connectivity index (χ4v) is 3.65. The van der Waals surface area contributed by atoms with Crippen molar-refractivity contribution < 1.29 is 13.9 Å². The lowest BCUT2D eigenvalue weighted by Gasteiger charge is -2.38. The zero-order chi connectivity index (χ0) is 21.1. The minimum atomic E-state index is -0.568. The number of hydrogen-bond acceptors (Lipinski definition) is 8. The van der Waals surface area contributed by atoms with E-state index in [4.69, 9.17) is 15.2 Å². The highest BCUT2D eigenvalue weighted by molar-refractivity contribution is 6.06. The molecule has 0 saturated carbocycles. The van der Waals surface area contributed by atoms with E-state index < -0.39 is 6.29 Å². The molecule has 1 unspecified atom stereocenters. The molecule has 0 spiro atoms. The third-order valence-corrected chi connectivity index (χ3v) is 5.10. The second-order valence-corrected chi connectivity index (χ2v) is 7.03. The monoisotopic (exact) mass is 448 g/mol. The predicted octanol–water partition coefficient (Wildman–Crippen LogP) is 3.25. The van der Waals surface area contributed by atoms with Gasteiger partial charge in [-0.05, 0) is 49.2 Å². The van der Waals surface area contributed by atoms with Crippen LogP contribution in [0.5, 0.6) is 11.5 Å². The Kier molecular flexibility index (Phi) is 7.06. The number of nitrogens with one attached hydrogen (secondary N) is 1. The molecule has 2 aliphatic rings. The first kappa shape index (κ1) is 22.5. The molecule has 31 heavy (non-hydrogen) atoms. The number of guanidine groups is 2. The molecule has 0 aromatic heterocycles. The molecule has 0 amide bonds. The number of anilines is 2. The Bertz CT molecular complexity index is 963. The van der Waals surface area contributed by atoms with Crippen molar-refractivity contribution in [3.8, 4) is 11.5 Å². The second kappa shape index (κ2) is 9.74. The maximum absolute atomic E-state index is 13.6. The summed E-state index contributed by atoms with van der Waals surface area (Å²) in [5, 5.41) is 3.38. The summed E-state index contributed by atoms with van der Waals surface area (Å²) in [7, 11) is 3.17. The number of nitrogens with two attached hydrogens (primary N) is 1. The summed E-state index contributed by atoms with van der Waals surface area (Å²) in [6.07, 6.45) is 1.60. The molecule has 166 valence electrons. The quantitative estimate of drug-likeness (QED) is 0.730. The number of aliphatic imine (C=N–C) groups is 2. The number of halogens is 2. The number of benzene rings is 2. The van der Waals surface area contributed by atoms with Crippen molar-refractivity contribution in [3.05, 3.63) is 48.3 Å². The molecule has 2 aromatic rings. The lowest BCUT2D eigenvalue weighted by molar-refractivity contribution is 0.355. The molecule has 1 saturated heterocycles. The lowest BCUT2D eigenvalue weighted by Crippen LogP contribution is -2.54. The van der Waals surface area contributed by atoms with E-state index in [1.165, 1.54) is 12.1 Å². The van der Waals surface area contributed by atoms with Gasteiger partial charge in [-0.1, -0.05) is 0 Å². The van der Waals surface area contributed by atoms with Crippen LogP contribution in [-0.4, -0.2) is 50.4 Å². The molecule has 2 heterocycles. The van der Waals surface area contributed by atoms with Crippen molar-refractivity contribution in [2.75, 3.05) is 37.5 Å².